The van der Waals surface area contributed by atoms with Crippen LogP contribution in [-0.2, 0) is 10.0 Å². The Morgan fingerprint density at radius 1 is 1.17 bits per heavy atom. The second-order valence-corrected chi connectivity index (χ2v) is 6.70. The summed E-state index contributed by atoms with van der Waals surface area (Å²) in [7, 11) is -1.65. The zero-order valence-electron chi connectivity index (χ0n) is 11.4. The number of sulfonamides is 1. The highest BCUT2D eigenvalue weighted by Crippen LogP contribution is 2.18. The fourth-order valence-corrected chi connectivity index (χ4v) is 3.34. The molecule has 0 aliphatic rings. The van der Waals surface area contributed by atoms with Crippen molar-refractivity contribution in [3.8, 4) is 0 Å². The number of anilines is 1. The van der Waals surface area contributed by atoms with Crippen LogP contribution >= 0.6 is 0 Å². The van der Waals surface area contributed by atoms with Gasteiger partial charge in [0.25, 0.3) is 0 Å². The minimum Gasteiger partial charge on any atom is -0.388 e. The predicted octanol–water partition coefficient (Wildman–Crippen LogP) is 2.59. The number of hydrogen-bond donors (Lipinski definition) is 2. The molecule has 18 heavy (non-hydrogen) atoms. The average Bonchev–Trinajstić information content (AvgIpc) is 2.27. The molecule has 4 nitrogen and oxygen atoms in total. The largest absolute Gasteiger partial charge is 0.388 e. The van der Waals surface area contributed by atoms with E-state index in [2.05, 4.69) is 10.0 Å². The third-order valence-corrected chi connectivity index (χ3v) is 4.45. The van der Waals surface area contributed by atoms with Crippen LogP contribution in [0.1, 0.15) is 33.6 Å². The summed E-state index contributed by atoms with van der Waals surface area (Å²) in [6.07, 6.45) is 1.75. The standard InChI is InChI=1S/C13H22N2O2S/c1-5-10-13(2,3)15-18(16,17)12-8-6-11(14-4)7-9-12/h6-9,14-15H,5,10H2,1-4H3. The highest BCUT2D eigenvalue weighted by atomic mass is 32.2. The molecular formula is C13H22N2O2S. The Bertz CT molecular complexity index is 478. The first-order valence-corrected chi connectivity index (χ1v) is 7.61. The third kappa shape index (κ3) is 3.99. The van der Waals surface area contributed by atoms with Crippen LogP contribution in [0.5, 0.6) is 0 Å². The Hall–Kier alpha value is -1.07. The molecule has 5 heteroatoms. The number of nitrogens with one attached hydrogen (secondary N) is 2. The van der Waals surface area contributed by atoms with Crippen LogP contribution in [0.4, 0.5) is 5.69 Å². The second kappa shape index (κ2) is 5.71. The van der Waals surface area contributed by atoms with Crippen molar-refractivity contribution in [1.82, 2.24) is 4.72 Å². The van der Waals surface area contributed by atoms with Gasteiger partial charge in [-0.25, -0.2) is 13.1 Å². The topological polar surface area (TPSA) is 58.2 Å². The molecule has 1 rings (SSSR count). The third-order valence-electron chi connectivity index (χ3n) is 2.74. The van der Waals surface area contributed by atoms with Gasteiger partial charge in [-0.2, -0.15) is 0 Å². The van der Waals surface area contributed by atoms with E-state index in [0.717, 1.165) is 18.5 Å². The summed E-state index contributed by atoms with van der Waals surface area (Å²) in [6, 6.07) is 6.72. The normalized spacial score (nSPS) is 12.4. The van der Waals surface area contributed by atoms with E-state index in [1.807, 2.05) is 20.8 Å². The molecule has 0 aromatic heterocycles. The fraction of sp³-hybridized carbons (Fsp3) is 0.538. The molecule has 0 atom stereocenters. The summed E-state index contributed by atoms with van der Waals surface area (Å²) in [5.41, 5.74) is 0.469. The molecule has 0 fully saturated rings. The van der Waals surface area contributed by atoms with Gasteiger partial charge in [-0.15, -0.1) is 0 Å². The smallest absolute Gasteiger partial charge is 0.241 e. The first kappa shape index (κ1) is 15.0. The first-order valence-electron chi connectivity index (χ1n) is 6.12. The van der Waals surface area contributed by atoms with Gasteiger partial charge in [0.2, 0.25) is 10.0 Å². The van der Waals surface area contributed by atoms with Crippen molar-refractivity contribution < 1.29 is 8.42 Å². The van der Waals surface area contributed by atoms with Crippen LogP contribution in [0.25, 0.3) is 0 Å². The maximum Gasteiger partial charge on any atom is 0.241 e. The average molecular weight is 270 g/mol. The lowest BCUT2D eigenvalue weighted by Gasteiger charge is -2.25. The van der Waals surface area contributed by atoms with Gasteiger partial charge in [0.1, 0.15) is 0 Å². The molecule has 1 aromatic carbocycles. The monoisotopic (exact) mass is 270 g/mol. The van der Waals surface area contributed by atoms with E-state index < -0.39 is 15.6 Å². The first-order chi connectivity index (χ1) is 8.30. The quantitative estimate of drug-likeness (QED) is 0.835. The minimum absolute atomic E-state index is 0.297. The Balaban J connectivity index is 2.92. The van der Waals surface area contributed by atoms with Crippen molar-refractivity contribution in [2.24, 2.45) is 0 Å². The SMILES string of the molecule is CCCC(C)(C)NS(=O)(=O)c1ccc(NC)cc1. The van der Waals surface area contributed by atoms with Crippen molar-refractivity contribution in [2.45, 2.75) is 44.0 Å². The van der Waals surface area contributed by atoms with E-state index >= 15 is 0 Å². The van der Waals surface area contributed by atoms with Crippen LogP contribution in [0.2, 0.25) is 0 Å². The van der Waals surface area contributed by atoms with Gasteiger partial charge >= 0.3 is 0 Å². The highest BCUT2D eigenvalue weighted by molar-refractivity contribution is 7.89. The maximum absolute atomic E-state index is 12.2. The van der Waals surface area contributed by atoms with Crippen LogP contribution in [-0.4, -0.2) is 21.0 Å². The van der Waals surface area contributed by atoms with Crippen molar-refractivity contribution in [1.29, 1.82) is 0 Å². The van der Waals surface area contributed by atoms with E-state index in [-0.39, 0.29) is 0 Å². The molecule has 0 heterocycles. The van der Waals surface area contributed by atoms with Gasteiger partial charge in [0.05, 0.1) is 4.90 Å². The Kier molecular flexibility index (Phi) is 4.76. The van der Waals surface area contributed by atoms with Gasteiger partial charge < -0.3 is 5.32 Å². The van der Waals surface area contributed by atoms with Crippen molar-refractivity contribution in [3.05, 3.63) is 24.3 Å². The van der Waals surface area contributed by atoms with Gasteiger partial charge in [-0.05, 0) is 44.5 Å². The number of rotatable bonds is 6. The Labute approximate surface area is 110 Å². The molecule has 0 aliphatic carbocycles. The summed E-state index contributed by atoms with van der Waals surface area (Å²) >= 11 is 0. The second-order valence-electron chi connectivity index (χ2n) is 5.01. The van der Waals surface area contributed by atoms with Gasteiger partial charge in [-0.3, -0.25) is 0 Å². The van der Waals surface area contributed by atoms with Gasteiger partial charge in [0.15, 0.2) is 0 Å². The van der Waals surface area contributed by atoms with Gasteiger partial charge in [-0.1, -0.05) is 13.3 Å². The van der Waals surface area contributed by atoms with Crippen LogP contribution in [0.15, 0.2) is 29.2 Å². The summed E-state index contributed by atoms with van der Waals surface area (Å²) < 4.78 is 27.1. The zero-order chi connectivity index (χ0) is 13.8. The molecule has 0 saturated carbocycles. The lowest BCUT2D eigenvalue weighted by molar-refractivity contribution is 0.418. The summed E-state index contributed by atoms with van der Waals surface area (Å²) in [6.45, 7) is 5.84. The Morgan fingerprint density at radius 3 is 2.17 bits per heavy atom. The molecule has 0 saturated heterocycles. The molecular weight excluding hydrogens is 248 g/mol. The molecule has 0 bridgehead atoms. The summed E-state index contributed by atoms with van der Waals surface area (Å²) in [4.78, 5) is 0.297. The van der Waals surface area contributed by atoms with E-state index in [4.69, 9.17) is 0 Å². The number of hydrogen-bond acceptors (Lipinski definition) is 3. The van der Waals surface area contributed by atoms with Crippen molar-refractivity contribution >= 4 is 15.7 Å². The molecule has 0 radical (unpaired) electrons. The highest BCUT2D eigenvalue weighted by Gasteiger charge is 2.25. The molecule has 1 aromatic rings. The summed E-state index contributed by atoms with van der Waals surface area (Å²) in [5.74, 6) is 0. The zero-order valence-corrected chi connectivity index (χ0v) is 12.3. The molecule has 0 amide bonds. The van der Waals surface area contributed by atoms with E-state index in [1.165, 1.54) is 0 Å². The van der Waals surface area contributed by atoms with Crippen LogP contribution in [0.3, 0.4) is 0 Å². The van der Waals surface area contributed by atoms with E-state index in [9.17, 15) is 8.42 Å². The molecule has 0 aliphatic heterocycles. The van der Waals surface area contributed by atoms with Crippen LogP contribution in [0, 0.1) is 0 Å². The van der Waals surface area contributed by atoms with E-state index in [1.54, 1.807) is 31.3 Å². The number of benzene rings is 1. The lowest BCUT2D eigenvalue weighted by Crippen LogP contribution is -2.43. The summed E-state index contributed by atoms with van der Waals surface area (Å²) in [5, 5.41) is 2.96. The van der Waals surface area contributed by atoms with E-state index in [0.29, 0.717) is 4.90 Å². The minimum atomic E-state index is -3.44. The van der Waals surface area contributed by atoms with Crippen molar-refractivity contribution in [3.63, 3.8) is 0 Å². The Morgan fingerprint density at radius 2 is 1.72 bits per heavy atom. The molecule has 2 N–H and O–H groups in total. The van der Waals surface area contributed by atoms with Gasteiger partial charge in [0, 0.05) is 18.3 Å². The fourth-order valence-electron chi connectivity index (χ4n) is 1.90. The maximum atomic E-state index is 12.2. The van der Waals surface area contributed by atoms with Crippen molar-refractivity contribution in [2.75, 3.05) is 12.4 Å². The lowest BCUT2D eigenvalue weighted by atomic mass is 10.0. The van der Waals surface area contributed by atoms with Crippen LogP contribution < -0.4 is 10.0 Å². The molecule has 102 valence electrons. The predicted molar refractivity (Wildman–Crippen MR) is 75.3 cm³/mol. The molecule has 0 unspecified atom stereocenters. The molecule has 0 spiro atoms.